The predicted octanol–water partition coefficient (Wildman–Crippen LogP) is 1.47. The lowest BCUT2D eigenvalue weighted by molar-refractivity contribution is 0.0986. The van der Waals surface area contributed by atoms with Crippen LogP contribution < -0.4 is 10.6 Å². The third kappa shape index (κ3) is 2.27. The summed E-state index contributed by atoms with van der Waals surface area (Å²) in [6.07, 6.45) is 0. The minimum Gasteiger partial charge on any atom is -0.382 e. The second-order valence-electron chi connectivity index (χ2n) is 3.66. The number of nitrogens with zero attached hydrogens (tertiary/aromatic N) is 3. The van der Waals surface area contributed by atoms with E-state index in [0.717, 1.165) is 0 Å². The Labute approximate surface area is 103 Å². The number of anilines is 2. The number of hydrogen-bond acceptors (Lipinski definition) is 4. The Morgan fingerprint density at radius 1 is 1.22 bits per heavy atom. The number of halogens is 1. The maximum absolute atomic E-state index is 13.5. The molecule has 0 atom stereocenters. The first kappa shape index (κ1) is 12.0. The van der Waals surface area contributed by atoms with E-state index in [1.54, 1.807) is 12.1 Å². The highest BCUT2D eigenvalue weighted by Gasteiger charge is 2.17. The van der Waals surface area contributed by atoms with Gasteiger partial charge in [0.2, 0.25) is 0 Å². The van der Waals surface area contributed by atoms with Crippen LogP contribution in [0.5, 0.6) is 0 Å². The summed E-state index contributed by atoms with van der Waals surface area (Å²) in [5, 5.41) is 7.25. The molecular formula is C12H11FN4O. The van der Waals surface area contributed by atoms with Crippen LogP contribution >= 0.6 is 0 Å². The molecule has 1 aromatic heterocycles. The fraction of sp³-hybridized carbons (Fsp3) is 0.0833. The second-order valence-corrected chi connectivity index (χ2v) is 3.66. The molecule has 6 heteroatoms. The van der Waals surface area contributed by atoms with Crippen LogP contribution in [0.25, 0.3) is 0 Å². The molecule has 0 fully saturated rings. The molecule has 0 saturated carbocycles. The normalized spacial score (nSPS) is 10.1. The van der Waals surface area contributed by atoms with Crippen molar-refractivity contribution >= 4 is 17.4 Å². The molecule has 0 unspecified atom stereocenters. The molecule has 1 aromatic carbocycles. The molecule has 0 aliphatic rings. The third-order valence-electron chi connectivity index (χ3n) is 2.42. The molecule has 18 heavy (non-hydrogen) atoms. The van der Waals surface area contributed by atoms with Gasteiger partial charge in [0.05, 0.1) is 5.69 Å². The summed E-state index contributed by atoms with van der Waals surface area (Å²) in [4.78, 5) is 13.2. The highest BCUT2D eigenvalue weighted by molar-refractivity contribution is 6.04. The number of nitrogens with two attached hydrogens (primary N) is 1. The van der Waals surface area contributed by atoms with Crippen LogP contribution in [0.3, 0.4) is 0 Å². The average Bonchev–Trinajstić information content (AvgIpc) is 2.38. The molecule has 0 saturated heterocycles. The Balaban J connectivity index is 2.29. The van der Waals surface area contributed by atoms with E-state index < -0.39 is 11.7 Å². The van der Waals surface area contributed by atoms with Crippen molar-refractivity contribution in [3.05, 3.63) is 47.9 Å². The molecule has 1 amide bonds. The van der Waals surface area contributed by atoms with Crippen LogP contribution in [-0.2, 0) is 0 Å². The molecule has 92 valence electrons. The van der Waals surface area contributed by atoms with Gasteiger partial charge in [-0.2, -0.15) is 0 Å². The molecule has 0 spiro atoms. The zero-order valence-corrected chi connectivity index (χ0v) is 9.67. The molecule has 2 N–H and O–H groups in total. The van der Waals surface area contributed by atoms with Gasteiger partial charge in [0, 0.05) is 7.05 Å². The minimum absolute atomic E-state index is 0.106. The van der Waals surface area contributed by atoms with Crippen molar-refractivity contribution in [2.75, 3.05) is 17.7 Å². The van der Waals surface area contributed by atoms with Crippen molar-refractivity contribution in [2.24, 2.45) is 0 Å². The Kier molecular flexibility index (Phi) is 3.18. The van der Waals surface area contributed by atoms with Gasteiger partial charge in [0.15, 0.2) is 5.69 Å². The lowest BCUT2D eigenvalue weighted by atomic mass is 10.2. The van der Waals surface area contributed by atoms with Crippen LogP contribution in [0.4, 0.5) is 15.9 Å². The first-order valence-corrected chi connectivity index (χ1v) is 5.21. The maximum atomic E-state index is 13.5. The van der Waals surface area contributed by atoms with Gasteiger partial charge in [-0.15, -0.1) is 10.2 Å². The van der Waals surface area contributed by atoms with Crippen molar-refractivity contribution in [2.45, 2.75) is 0 Å². The zero-order valence-electron chi connectivity index (χ0n) is 9.67. The maximum Gasteiger partial charge on any atom is 0.278 e. The van der Waals surface area contributed by atoms with E-state index in [1.807, 2.05) is 0 Å². The molecule has 0 bridgehead atoms. The number of aromatic nitrogens is 2. The summed E-state index contributed by atoms with van der Waals surface area (Å²) >= 11 is 0. The Bertz CT molecular complexity index is 571. The molecular weight excluding hydrogens is 235 g/mol. The number of hydrogen-bond donors (Lipinski definition) is 1. The molecule has 2 rings (SSSR count). The van der Waals surface area contributed by atoms with E-state index in [-0.39, 0.29) is 17.2 Å². The first-order chi connectivity index (χ1) is 8.59. The van der Waals surface area contributed by atoms with E-state index in [1.165, 1.54) is 36.2 Å². The Morgan fingerprint density at radius 2 is 1.94 bits per heavy atom. The summed E-state index contributed by atoms with van der Waals surface area (Å²) in [7, 11) is 1.47. The zero-order chi connectivity index (χ0) is 13.1. The van der Waals surface area contributed by atoms with Gasteiger partial charge < -0.3 is 10.6 Å². The van der Waals surface area contributed by atoms with Gasteiger partial charge in [-0.25, -0.2) is 4.39 Å². The van der Waals surface area contributed by atoms with Crippen LogP contribution in [0, 0.1) is 5.82 Å². The fourth-order valence-corrected chi connectivity index (χ4v) is 1.46. The van der Waals surface area contributed by atoms with Crippen LogP contribution in [0.15, 0.2) is 36.4 Å². The Morgan fingerprint density at radius 3 is 2.56 bits per heavy atom. The molecule has 0 aliphatic heterocycles. The fourth-order valence-electron chi connectivity index (χ4n) is 1.46. The molecule has 1 heterocycles. The molecule has 2 aromatic rings. The minimum atomic E-state index is -0.475. The number of amides is 1. The van der Waals surface area contributed by atoms with Gasteiger partial charge in [0.1, 0.15) is 11.6 Å². The summed E-state index contributed by atoms with van der Waals surface area (Å²) in [5.74, 6) is -0.704. The summed E-state index contributed by atoms with van der Waals surface area (Å²) in [6, 6.07) is 8.92. The van der Waals surface area contributed by atoms with Crippen LogP contribution in [0.2, 0.25) is 0 Å². The highest BCUT2D eigenvalue weighted by atomic mass is 19.1. The van der Waals surface area contributed by atoms with Crippen LogP contribution in [0.1, 0.15) is 10.5 Å². The van der Waals surface area contributed by atoms with Gasteiger partial charge in [-0.3, -0.25) is 4.79 Å². The predicted molar refractivity (Wildman–Crippen MR) is 65.6 cm³/mol. The van der Waals surface area contributed by atoms with Crippen molar-refractivity contribution in [3.8, 4) is 0 Å². The molecule has 5 nitrogen and oxygen atoms in total. The van der Waals surface area contributed by atoms with Crippen molar-refractivity contribution in [1.29, 1.82) is 0 Å². The number of nitrogen functional groups attached to an aromatic ring is 1. The van der Waals surface area contributed by atoms with Gasteiger partial charge >= 0.3 is 0 Å². The number of carbonyl (C=O) groups excluding carboxylic acids is 1. The largest absolute Gasteiger partial charge is 0.382 e. The first-order valence-electron chi connectivity index (χ1n) is 5.21. The lowest BCUT2D eigenvalue weighted by Crippen LogP contribution is -2.28. The van der Waals surface area contributed by atoms with Gasteiger partial charge in [-0.1, -0.05) is 12.1 Å². The van der Waals surface area contributed by atoms with Crippen molar-refractivity contribution in [3.63, 3.8) is 0 Å². The van der Waals surface area contributed by atoms with Gasteiger partial charge in [0.25, 0.3) is 5.91 Å². The van der Waals surface area contributed by atoms with Crippen molar-refractivity contribution < 1.29 is 9.18 Å². The number of carbonyl (C=O) groups is 1. The quantitative estimate of drug-likeness (QED) is 0.871. The van der Waals surface area contributed by atoms with Crippen molar-refractivity contribution in [1.82, 2.24) is 10.2 Å². The van der Waals surface area contributed by atoms with Crippen LogP contribution in [-0.4, -0.2) is 23.2 Å². The topological polar surface area (TPSA) is 72.1 Å². The molecule has 0 radical (unpaired) electrons. The highest BCUT2D eigenvalue weighted by Crippen LogP contribution is 2.18. The van der Waals surface area contributed by atoms with Gasteiger partial charge in [-0.05, 0) is 24.3 Å². The average molecular weight is 246 g/mol. The molecule has 0 aliphatic carbocycles. The number of benzene rings is 1. The SMILES string of the molecule is CN(C(=O)c1ccc(N)nn1)c1ccccc1F. The van der Waals surface area contributed by atoms with E-state index in [4.69, 9.17) is 5.73 Å². The summed E-state index contributed by atoms with van der Waals surface area (Å²) in [5.41, 5.74) is 5.67. The van der Waals surface area contributed by atoms with E-state index in [2.05, 4.69) is 10.2 Å². The second kappa shape index (κ2) is 4.79. The smallest absolute Gasteiger partial charge is 0.278 e. The summed E-state index contributed by atoms with van der Waals surface area (Å²) in [6.45, 7) is 0. The summed E-state index contributed by atoms with van der Waals surface area (Å²) < 4.78 is 13.5. The third-order valence-corrected chi connectivity index (χ3v) is 2.42. The van der Waals surface area contributed by atoms with E-state index in [0.29, 0.717) is 0 Å². The number of para-hydroxylation sites is 1. The monoisotopic (exact) mass is 246 g/mol. The van der Waals surface area contributed by atoms with E-state index in [9.17, 15) is 9.18 Å². The Hall–Kier alpha value is -2.50. The lowest BCUT2D eigenvalue weighted by Gasteiger charge is -2.17. The standard InChI is InChI=1S/C12H11FN4O/c1-17(10-5-3-2-4-8(10)13)12(18)9-6-7-11(14)16-15-9/h2-7H,1H3,(H2,14,16). The number of rotatable bonds is 2. The van der Waals surface area contributed by atoms with E-state index >= 15 is 0 Å².